The molecule has 1 unspecified atom stereocenters. The van der Waals surface area contributed by atoms with Gasteiger partial charge in [-0.05, 0) is 78.7 Å². The van der Waals surface area contributed by atoms with E-state index in [-0.39, 0.29) is 5.11 Å². The first-order valence-corrected chi connectivity index (χ1v) is 12.6. The highest BCUT2D eigenvalue weighted by Gasteiger charge is 2.18. The number of ether oxygens (including phenoxy) is 1. The molecule has 0 saturated carbocycles. The molecule has 2 N–H and O–H groups in total. The summed E-state index contributed by atoms with van der Waals surface area (Å²) in [7, 11) is 0. The number of carbonyl (C=O) groups excluding carboxylic acids is 1. The number of nitrogens with one attached hydrogen (secondary N) is 2. The molecule has 9 heteroatoms. The molecule has 4 aromatic rings. The molecule has 1 atom stereocenters. The van der Waals surface area contributed by atoms with Crippen LogP contribution in [-0.2, 0) is 11.2 Å². The summed E-state index contributed by atoms with van der Waals surface area (Å²) in [5.41, 5.74) is 4.65. The SMILES string of the molecule is CC(Oc1ccc(Cl)cc1Cl)C(=O)NC(=S)Nc1ccc(Cc2nc3cc(C(C)C)ccc3o2)cc1. The van der Waals surface area contributed by atoms with E-state index < -0.39 is 12.0 Å². The van der Waals surface area contributed by atoms with Gasteiger partial charge in [0.15, 0.2) is 22.7 Å². The molecule has 186 valence electrons. The van der Waals surface area contributed by atoms with Gasteiger partial charge in [0.25, 0.3) is 5.91 Å². The quantitative estimate of drug-likeness (QED) is 0.242. The number of thiocarbonyl (C=S) groups is 1. The Hall–Kier alpha value is -3.13. The maximum atomic E-state index is 12.5. The zero-order chi connectivity index (χ0) is 25.8. The summed E-state index contributed by atoms with van der Waals surface area (Å²) in [6, 6.07) is 18.6. The smallest absolute Gasteiger partial charge is 0.266 e. The van der Waals surface area contributed by atoms with Gasteiger partial charge in [0.1, 0.15) is 11.3 Å². The van der Waals surface area contributed by atoms with E-state index in [1.165, 1.54) is 5.56 Å². The van der Waals surface area contributed by atoms with Gasteiger partial charge in [-0.25, -0.2) is 4.98 Å². The van der Waals surface area contributed by atoms with Crippen molar-refractivity contribution in [1.82, 2.24) is 10.3 Å². The Morgan fingerprint density at radius 2 is 1.81 bits per heavy atom. The van der Waals surface area contributed by atoms with E-state index in [1.54, 1.807) is 25.1 Å². The largest absolute Gasteiger partial charge is 0.479 e. The van der Waals surface area contributed by atoms with E-state index in [2.05, 4.69) is 41.6 Å². The van der Waals surface area contributed by atoms with Crippen molar-refractivity contribution in [2.24, 2.45) is 0 Å². The number of carbonyl (C=O) groups is 1. The molecular formula is C27H25Cl2N3O3S. The lowest BCUT2D eigenvalue weighted by Crippen LogP contribution is -2.42. The number of fused-ring (bicyclic) bond motifs is 1. The summed E-state index contributed by atoms with van der Waals surface area (Å²) in [6.07, 6.45) is -0.256. The van der Waals surface area contributed by atoms with E-state index in [4.69, 9.17) is 44.6 Å². The zero-order valence-electron chi connectivity index (χ0n) is 20.0. The van der Waals surface area contributed by atoms with Crippen LogP contribution in [0.3, 0.4) is 0 Å². The van der Waals surface area contributed by atoms with Crippen LogP contribution in [0, 0.1) is 0 Å². The monoisotopic (exact) mass is 541 g/mol. The Morgan fingerprint density at radius 1 is 1.06 bits per heavy atom. The third-order valence-corrected chi connectivity index (χ3v) is 6.23. The number of amides is 1. The third-order valence-electron chi connectivity index (χ3n) is 5.49. The molecule has 0 fully saturated rings. The van der Waals surface area contributed by atoms with Crippen LogP contribution >= 0.6 is 35.4 Å². The van der Waals surface area contributed by atoms with Gasteiger partial charge in [-0.1, -0.05) is 55.2 Å². The third kappa shape index (κ3) is 6.55. The second-order valence-electron chi connectivity index (χ2n) is 8.64. The number of aromatic nitrogens is 1. The first-order chi connectivity index (χ1) is 17.2. The molecule has 6 nitrogen and oxygen atoms in total. The number of oxazole rings is 1. The first-order valence-electron chi connectivity index (χ1n) is 11.4. The minimum atomic E-state index is -0.821. The highest BCUT2D eigenvalue weighted by Crippen LogP contribution is 2.28. The Balaban J connectivity index is 1.31. The molecule has 0 bridgehead atoms. The van der Waals surface area contributed by atoms with Gasteiger partial charge in [0, 0.05) is 17.1 Å². The molecule has 0 radical (unpaired) electrons. The van der Waals surface area contributed by atoms with Crippen LogP contribution < -0.4 is 15.4 Å². The summed E-state index contributed by atoms with van der Waals surface area (Å²) >= 11 is 17.3. The lowest BCUT2D eigenvalue weighted by atomic mass is 10.0. The van der Waals surface area contributed by atoms with Gasteiger partial charge >= 0.3 is 0 Å². The summed E-state index contributed by atoms with van der Waals surface area (Å²) in [6.45, 7) is 5.91. The van der Waals surface area contributed by atoms with Gasteiger partial charge < -0.3 is 14.5 Å². The summed E-state index contributed by atoms with van der Waals surface area (Å²) in [5, 5.41) is 6.58. The lowest BCUT2D eigenvalue weighted by molar-refractivity contribution is -0.125. The van der Waals surface area contributed by atoms with Crippen molar-refractivity contribution >= 4 is 63.2 Å². The van der Waals surface area contributed by atoms with Crippen LogP contribution in [0.1, 0.15) is 43.7 Å². The van der Waals surface area contributed by atoms with Crippen molar-refractivity contribution in [2.45, 2.75) is 39.2 Å². The van der Waals surface area contributed by atoms with Crippen molar-refractivity contribution < 1.29 is 13.9 Å². The molecule has 1 amide bonds. The van der Waals surface area contributed by atoms with Crippen molar-refractivity contribution in [3.63, 3.8) is 0 Å². The van der Waals surface area contributed by atoms with E-state index in [9.17, 15) is 4.79 Å². The topological polar surface area (TPSA) is 76.4 Å². The van der Waals surface area contributed by atoms with Crippen LogP contribution in [0.15, 0.2) is 65.1 Å². The molecule has 3 aromatic carbocycles. The number of hydrogen-bond donors (Lipinski definition) is 2. The fourth-order valence-corrected chi connectivity index (χ4v) is 4.17. The predicted octanol–water partition coefficient (Wildman–Crippen LogP) is 7.13. The minimum Gasteiger partial charge on any atom is -0.479 e. The molecule has 36 heavy (non-hydrogen) atoms. The maximum absolute atomic E-state index is 12.5. The van der Waals surface area contributed by atoms with Crippen molar-refractivity contribution in [3.05, 3.63) is 87.7 Å². The van der Waals surface area contributed by atoms with E-state index >= 15 is 0 Å². The second-order valence-corrected chi connectivity index (χ2v) is 9.89. The number of anilines is 1. The molecule has 1 heterocycles. The molecule has 1 aromatic heterocycles. The molecule has 0 aliphatic carbocycles. The molecule has 0 spiro atoms. The average Bonchev–Trinajstić information content (AvgIpc) is 3.23. The van der Waals surface area contributed by atoms with Crippen molar-refractivity contribution in [3.8, 4) is 5.75 Å². The molecule has 0 aliphatic rings. The normalized spacial score (nSPS) is 11.9. The Kier molecular flexibility index (Phi) is 8.14. The van der Waals surface area contributed by atoms with Crippen molar-refractivity contribution in [1.29, 1.82) is 0 Å². The van der Waals surface area contributed by atoms with E-state index in [1.807, 2.05) is 30.3 Å². The standard InChI is InChI=1S/C27H25Cl2N3O3S/c1-15(2)18-6-10-24-22(13-18)31-25(35-24)12-17-4-8-20(9-5-17)30-27(36)32-26(33)16(3)34-23-11-7-19(28)14-21(23)29/h4-11,13-16H,12H2,1-3H3,(H2,30,32,33,36). The van der Waals surface area contributed by atoms with Gasteiger partial charge in [0.05, 0.1) is 5.02 Å². The number of nitrogens with zero attached hydrogens (tertiary/aromatic N) is 1. The van der Waals surface area contributed by atoms with Gasteiger partial charge in [-0.15, -0.1) is 0 Å². The summed E-state index contributed by atoms with van der Waals surface area (Å²) in [5.74, 6) is 1.04. The van der Waals surface area contributed by atoms with Crippen LogP contribution in [0.2, 0.25) is 10.0 Å². The molecule has 0 aliphatic heterocycles. The van der Waals surface area contributed by atoms with Crippen LogP contribution in [0.25, 0.3) is 11.1 Å². The highest BCUT2D eigenvalue weighted by atomic mass is 35.5. The maximum Gasteiger partial charge on any atom is 0.266 e. The van der Waals surface area contributed by atoms with Crippen LogP contribution in [0.4, 0.5) is 5.69 Å². The number of benzene rings is 3. The van der Waals surface area contributed by atoms with E-state index in [0.717, 1.165) is 22.4 Å². The van der Waals surface area contributed by atoms with Crippen LogP contribution in [-0.4, -0.2) is 22.1 Å². The average molecular weight is 542 g/mol. The van der Waals surface area contributed by atoms with Crippen LogP contribution in [0.5, 0.6) is 5.75 Å². The van der Waals surface area contributed by atoms with Gasteiger partial charge in [0.2, 0.25) is 0 Å². The summed E-state index contributed by atoms with van der Waals surface area (Å²) in [4.78, 5) is 17.1. The van der Waals surface area contributed by atoms with Gasteiger partial charge in [-0.3, -0.25) is 10.1 Å². The Bertz CT molecular complexity index is 1400. The fourth-order valence-electron chi connectivity index (χ4n) is 3.50. The minimum absolute atomic E-state index is 0.158. The van der Waals surface area contributed by atoms with E-state index in [0.29, 0.717) is 34.0 Å². The lowest BCUT2D eigenvalue weighted by Gasteiger charge is -2.16. The predicted molar refractivity (Wildman–Crippen MR) is 148 cm³/mol. The molecule has 4 rings (SSSR count). The molecular weight excluding hydrogens is 517 g/mol. The second kappa shape index (κ2) is 11.3. The van der Waals surface area contributed by atoms with Gasteiger partial charge in [-0.2, -0.15) is 0 Å². The summed E-state index contributed by atoms with van der Waals surface area (Å²) < 4.78 is 11.5. The number of halogens is 2. The molecule has 0 saturated heterocycles. The van der Waals surface area contributed by atoms with Crippen molar-refractivity contribution in [2.75, 3.05) is 5.32 Å². The number of rotatable bonds is 7. The Morgan fingerprint density at radius 3 is 2.50 bits per heavy atom. The zero-order valence-corrected chi connectivity index (χ0v) is 22.3. The highest BCUT2D eigenvalue weighted by molar-refractivity contribution is 7.80. The fraction of sp³-hybridized carbons (Fsp3) is 0.222. The number of hydrogen-bond acceptors (Lipinski definition) is 5. The first kappa shape index (κ1) is 25.9. The Labute approximate surface area is 225 Å².